The smallest absolute Gasteiger partial charge is 0.314 e. The average Bonchev–Trinajstić information content (AvgIpc) is 2.36. The molecule has 0 saturated heterocycles. The number of hydrogen-bond donors (Lipinski definition) is 3. The second-order valence-corrected chi connectivity index (χ2v) is 4.80. The molecule has 3 N–H and O–H groups in total. The van der Waals surface area contributed by atoms with Crippen LogP contribution in [0.5, 0.6) is 0 Å². The predicted molar refractivity (Wildman–Crippen MR) is 76.3 cm³/mol. The number of carboxylic acids is 1. The first kappa shape index (κ1) is 17.7. The normalized spacial score (nSPS) is 10.2. The van der Waals surface area contributed by atoms with Crippen molar-refractivity contribution in [2.75, 3.05) is 13.1 Å². The Morgan fingerprint density at radius 2 is 1.37 bits per heavy atom. The monoisotopic (exact) mass is 272 g/mol. The van der Waals surface area contributed by atoms with Gasteiger partial charge in [-0.05, 0) is 6.42 Å². The average molecular weight is 272 g/mol. The van der Waals surface area contributed by atoms with E-state index in [-0.39, 0.29) is 19.0 Å². The van der Waals surface area contributed by atoms with Crippen molar-refractivity contribution in [3.63, 3.8) is 0 Å². The van der Waals surface area contributed by atoms with E-state index in [0.29, 0.717) is 6.54 Å². The summed E-state index contributed by atoms with van der Waals surface area (Å²) < 4.78 is 0. The Hall–Kier alpha value is -1.26. The highest BCUT2D eigenvalue weighted by Gasteiger charge is 2.00. The van der Waals surface area contributed by atoms with Crippen LogP contribution in [0.4, 0.5) is 4.79 Å². The molecule has 0 spiro atoms. The summed E-state index contributed by atoms with van der Waals surface area (Å²) in [6, 6.07) is -0.274. The van der Waals surface area contributed by atoms with Gasteiger partial charge in [0.1, 0.15) is 0 Å². The summed E-state index contributed by atoms with van der Waals surface area (Å²) >= 11 is 0. The van der Waals surface area contributed by atoms with Gasteiger partial charge in [0.25, 0.3) is 0 Å². The molecule has 0 aromatic heterocycles. The quantitative estimate of drug-likeness (QED) is 0.478. The van der Waals surface area contributed by atoms with Crippen LogP contribution >= 0.6 is 0 Å². The van der Waals surface area contributed by atoms with E-state index in [1.807, 2.05) is 0 Å². The molecule has 0 heterocycles. The third-order valence-electron chi connectivity index (χ3n) is 2.94. The number of urea groups is 1. The lowest BCUT2D eigenvalue weighted by molar-refractivity contribution is -0.136. The van der Waals surface area contributed by atoms with Crippen LogP contribution in [-0.4, -0.2) is 30.2 Å². The summed E-state index contributed by atoms with van der Waals surface area (Å²) in [6.07, 6.45) is 9.86. The van der Waals surface area contributed by atoms with Crippen LogP contribution in [0, 0.1) is 0 Å². The van der Waals surface area contributed by atoms with Gasteiger partial charge in [-0.25, -0.2) is 4.79 Å². The van der Waals surface area contributed by atoms with Gasteiger partial charge >= 0.3 is 12.0 Å². The fraction of sp³-hybridized carbons (Fsp3) is 0.857. The summed E-state index contributed by atoms with van der Waals surface area (Å²) in [4.78, 5) is 21.5. The number of unbranched alkanes of at least 4 members (excludes halogenated alkanes) is 7. The third-order valence-corrected chi connectivity index (χ3v) is 2.94. The second kappa shape index (κ2) is 13.2. The molecule has 2 amide bonds. The summed E-state index contributed by atoms with van der Waals surface area (Å²) in [5.41, 5.74) is 0. The molecule has 0 aromatic carbocycles. The molecule has 5 heteroatoms. The maximum atomic E-state index is 11.2. The van der Waals surface area contributed by atoms with E-state index in [2.05, 4.69) is 17.6 Å². The lowest BCUT2D eigenvalue weighted by Gasteiger charge is -2.06. The summed E-state index contributed by atoms with van der Waals surface area (Å²) in [5.74, 6) is -0.900. The highest BCUT2D eigenvalue weighted by atomic mass is 16.4. The fourth-order valence-electron chi connectivity index (χ4n) is 1.81. The van der Waals surface area contributed by atoms with Crippen molar-refractivity contribution >= 4 is 12.0 Å². The zero-order chi connectivity index (χ0) is 14.3. The van der Waals surface area contributed by atoms with E-state index in [0.717, 1.165) is 12.8 Å². The van der Waals surface area contributed by atoms with E-state index in [9.17, 15) is 9.59 Å². The molecule has 0 aliphatic carbocycles. The van der Waals surface area contributed by atoms with E-state index in [1.54, 1.807) is 0 Å². The van der Waals surface area contributed by atoms with Crippen molar-refractivity contribution in [3.05, 3.63) is 0 Å². The molecule has 0 unspecified atom stereocenters. The van der Waals surface area contributed by atoms with Gasteiger partial charge in [-0.1, -0.05) is 51.9 Å². The molecule has 19 heavy (non-hydrogen) atoms. The first-order valence-electron chi connectivity index (χ1n) is 7.40. The maximum Gasteiger partial charge on any atom is 0.314 e. The third kappa shape index (κ3) is 14.7. The van der Waals surface area contributed by atoms with E-state index < -0.39 is 5.97 Å². The number of aliphatic carboxylic acids is 1. The molecule has 0 atom stereocenters. The molecule has 0 bridgehead atoms. The van der Waals surface area contributed by atoms with E-state index >= 15 is 0 Å². The Balaban J connectivity index is 3.16. The Bertz CT molecular complexity index is 245. The first-order chi connectivity index (χ1) is 9.16. The Kier molecular flexibility index (Phi) is 12.3. The van der Waals surface area contributed by atoms with Crippen LogP contribution in [0.2, 0.25) is 0 Å². The van der Waals surface area contributed by atoms with Gasteiger partial charge in [0.05, 0.1) is 6.42 Å². The van der Waals surface area contributed by atoms with Crippen molar-refractivity contribution in [2.24, 2.45) is 0 Å². The Morgan fingerprint density at radius 1 is 0.842 bits per heavy atom. The molecule has 0 aliphatic heterocycles. The summed E-state index contributed by atoms with van der Waals surface area (Å²) in [5, 5.41) is 13.6. The molecule has 0 aromatic rings. The molecule has 0 rings (SSSR count). The highest BCUT2D eigenvalue weighted by molar-refractivity contribution is 5.74. The minimum Gasteiger partial charge on any atom is -0.481 e. The van der Waals surface area contributed by atoms with Crippen molar-refractivity contribution in [1.82, 2.24) is 10.6 Å². The zero-order valence-electron chi connectivity index (χ0n) is 12.0. The summed E-state index contributed by atoms with van der Waals surface area (Å²) in [6.45, 7) is 3.06. The molecule has 0 fully saturated rings. The molecule has 0 radical (unpaired) electrons. The standard InChI is InChI=1S/C14H28N2O3/c1-2-3-4-5-6-7-8-9-11-15-14(19)16-12-10-13(17)18/h2-12H2,1H3,(H,17,18)(H2,15,16,19). The molecule has 0 saturated carbocycles. The zero-order valence-corrected chi connectivity index (χ0v) is 12.0. The molecule has 0 aliphatic rings. The van der Waals surface area contributed by atoms with E-state index in [1.165, 1.54) is 38.5 Å². The lowest BCUT2D eigenvalue weighted by atomic mass is 10.1. The minimum atomic E-state index is -0.900. The maximum absolute atomic E-state index is 11.2. The summed E-state index contributed by atoms with van der Waals surface area (Å²) in [7, 11) is 0. The second-order valence-electron chi connectivity index (χ2n) is 4.80. The predicted octanol–water partition coefficient (Wildman–Crippen LogP) is 2.90. The van der Waals surface area contributed by atoms with Crippen LogP contribution in [0.25, 0.3) is 0 Å². The van der Waals surface area contributed by atoms with Gasteiger partial charge in [-0.15, -0.1) is 0 Å². The van der Waals surface area contributed by atoms with Gasteiger partial charge < -0.3 is 15.7 Å². The van der Waals surface area contributed by atoms with Crippen LogP contribution in [0.3, 0.4) is 0 Å². The molecular formula is C14H28N2O3. The number of carboxylic acid groups (broad SMARTS) is 1. The van der Waals surface area contributed by atoms with Gasteiger partial charge in [-0.3, -0.25) is 4.79 Å². The van der Waals surface area contributed by atoms with Gasteiger partial charge in [-0.2, -0.15) is 0 Å². The van der Waals surface area contributed by atoms with Crippen LogP contribution in [0.15, 0.2) is 0 Å². The number of carbonyl (C=O) groups is 2. The van der Waals surface area contributed by atoms with Crippen LogP contribution < -0.4 is 10.6 Å². The lowest BCUT2D eigenvalue weighted by Crippen LogP contribution is -2.37. The van der Waals surface area contributed by atoms with Crippen LogP contribution in [0.1, 0.15) is 64.7 Å². The fourth-order valence-corrected chi connectivity index (χ4v) is 1.81. The Labute approximate surface area is 116 Å². The molecule has 112 valence electrons. The number of hydrogen-bond acceptors (Lipinski definition) is 2. The van der Waals surface area contributed by atoms with Crippen molar-refractivity contribution in [2.45, 2.75) is 64.7 Å². The van der Waals surface area contributed by atoms with Crippen molar-refractivity contribution < 1.29 is 14.7 Å². The topological polar surface area (TPSA) is 78.4 Å². The molecule has 5 nitrogen and oxygen atoms in total. The van der Waals surface area contributed by atoms with E-state index in [4.69, 9.17) is 5.11 Å². The Morgan fingerprint density at radius 3 is 1.95 bits per heavy atom. The highest BCUT2D eigenvalue weighted by Crippen LogP contribution is 2.07. The molecular weight excluding hydrogens is 244 g/mol. The van der Waals surface area contributed by atoms with Gasteiger partial charge in [0.15, 0.2) is 0 Å². The van der Waals surface area contributed by atoms with Gasteiger partial charge in [0, 0.05) is 13.1 Å². The number of carbonyl (C=O) groups excluding carboxylic acids is 1. The first-order valence-corrected chi connectivity index (χ1v) is 7.40. The number of nitrogens with one attached hydrogen (secondary N) is 2. The largest absolute Gasteiger partial charge is 0.481 e. The van der Waals surface area contributed by atoms with Crippen molar-refractivity contribution in [1.29, 1.82) is 0 Å². The van der Waals surface area contributed by atoms with Gasteiger partial charge in [0.2, 0.25) is 0 Å². The number of rotatable bonds is 12. The minimum absolute atomic E-state index is 0.0365. The van der Waals surface area contributed by atoms with Crippen molar-refractivity contribution in [3.8, 4) is 0 Å². The van der Waals surface area contributed by atoms with Crippen LogP contribution in [-0.2, 0) is 4.79 Å². The number of amides is 2. The SMILES string of the molecule is CCCCCCCCCCNC(=O)NCCC(=O)O.